The molecule has 0 aromatic heterocycles. The molecule has 1 unspecified atom stereocenters. The highest BCUT2D eigenvalue weighted by molar-refractivity contribution is 8.14. The van der Waals surface area contributed by atoms with Crippen molar-refractivity contribution in [2.45, 2.75) is 39.3 Å². The summed E-state index contributed by atoms with van der Waals surface area (Å²) in [7, 11) is 1.40. The molecule has 1 heterocycles. The van der Waals surface area contributed by atoms with E-state index in [1.165, 1.54) is 12.7 Å². The maximum absolute atomic E-state index is 11.3. The van der Waals surface area contributed by atoms with Crippen molar-refractivity contribution in [3.05, 3.63) is 35.4 Å². The molecule has 0 fully saturated rings. The Balaban J connectivity index is 0.000000307. The van der Waals surface area contributed by atoms with Gasteiger partial charge in [-0.1, -0.05) is 29.8 Å². The third-order valence-corrected chi connectivity index (χ3v) is 3.93. The van der Waals surface area contributed by atoms with E-state index >= 15 is 0 Å². The Labute approximate surface area is 146 Å². The fourth-order valence-corrected chi connectivity index (χ4v) is 2.82. The Morgan fingerprint density at radius 1 is 1.25 bits per heavy atom. The molecule has 0 saturated heterocycles. The SMILES string of the molecule is CC(C)(C)OC(N)=O.COC(=O)C1CSC(c2ccc(C)cc2)=N1. The van der Waals surface area contributed by atoms with Gasteiger partial charge in [0.15, 0.2) is 6.04 Å². The van der Waals surface area contributed by atoms with Crippen LogP contribution in [0.3, 0.4) is 0 Å². The molecule has 0 bridgehead atoms. The monoisotopic (exact) mass is 352 g/mol. The van der Waals surface area contributed by atoms with Crippen LogP contribution in [0.1, 0.15) is 31.9 Å². The van der Waals surface area contributed by atoms with Gasteiger partial charge in [-0.15, -0.1) is 11.8 Å². The Hall–Kier alpha value is -2.02. The number of aliphatic imine (C=N–C) groups is 1. The Morgan fingerprint density at radius 3 is 2.25 bits per heavy atom. The number of nitrogens with zero attached hydrogens (tertiary/aromatic N) is 1. The van der Waals surface area contributed by atoms with Gasteiger partial charge in [-0.05, 0) is 27.7 Å². The summed E-state index contributed by atoms with van der Waals surface area (Å²) < 4.78 is 9.25. The van der Waals surface area contributed by atoms with E-state index in [1.807, 2.05) is 31.2 Å². The summed E-state index contributed by atoms with van der Waals surface area (Å²) in [6.45, 7) is 7.33. The van der Waals surface area contributed by atoms with Gasteiger partial charge in [0.2, 0.25) is 0 Å². The molecule has 0 spiro atoms. The topological polar surface area (TPSA) is 91.0 Å². The van der Waals surface area contributed by atoms with Gasteiger partial charge in [-0.3, -0.25) is 4.99 Å². The minimum atomic E-state index is -0.725. The van der Waals surface area contributed by atoms with E-state index in [2.05, 4.69) is 14.5 Å². The van der Waals surface area contributed by atoms with Crippen LogP contribution in [0.2, 0.25) is 0 Å². The second kappa shape index (κ2) is 8.73. The molecular weight excluding hydrogens is 328 g/mol. The first-order valence-corrected chi connectivity index (χ1v) is 8.45. The Morgan fingerprint density at radius 2 is 1.83 bits per heavy atom. The average molecular weight is 352 g/mol. The summed E-state index contributed by atoms with van der Waals surface area (Å²) in [5, 5.41) is 0.926. The molecule has 1 amide bonds. The van der Waals surface area contributed by atoms with Crippen LogP contribution in [-0.4, -0.2) is 41.6 Å². The molecule has 2 N–H and O–H groups in total. The van der Waals surface area contributed by atoms with Crippen LogP contribution in [0, 0.1) is 6.92 Å². The van der Waals surface area contributed by atoms with Crippen molar-refractivity contribution in [3.8, 4) is 0 Å². The first kappa shape index (κ1) is 20.0. The number of ether oxygens (including phenoxy) is 2. The third-order valence-electron chi connectivity index (χ3n) is 2.83. The number of methoxy groups -OCH3 is 1. The molecule has 0 aliphatic carbocycles. The number of primary amides is 1. The zero-order valence-corrected chi connectivity index (χ0v) is 15.5. The minimum Gasteiger partial charge on any atom is -0.467 e. The van der Waals surface area contributed by atoms with E-state index in [0.29, 0.717) is 5.75 Å². The predicted octanol–water partition coefficient (Wildman–Crippen LogP) is 2.91. The van der Waals surface area contributed by atoms with Gasteiger partial charge in [-0.2, -0.15) is 0 Å². The second-order valence-corrected chi connectivity index (χ2v) is 7.19. The van der Waals surface area contributed by atoms with Crippen molar-refractivity contribution in [2.75, 3.05) is 12.9 Å². The second-order valence-electron chi connectivity index (χ2n) is 6.18. The van der Waals surface area contributed by atoms with Crippen LogP contribution < -0.4 is 5.73 Å². The summed E-state index contributed by atoms with van der Waals surface area (Å²) >= 11 is 1.60. The van der Waals surface area contributed by atoms with Crippen LogP contribution in [0.5, 0.6) is 0 Å². The van der Waals surface area contributed by atoms with Crippen molar-refractivity contribution in [1.82, 2.24) is 0 Å². The molecule has 7 heteroatoms. The molecule has 1 aliphatic rings. The van der Waals surface area contributed by atoms with Gasteiger partial charge in [0.05, 0.1) is 12.2 Å². The summed E-state index contributed by atoms with van der Waals surface area (Å²) in [6.07, 6.45) is -0.725. The molecule has 6 nitrogen and oxygen atoms in total. The van der Waals surface area contributed by atoms with Gasteiger partial charge in [0.1, 0.15) is 5.60 Å². The summed E-state index contributed by atoms with van der Waals surface area (Å²) in [5.41, 5.74) is 6.56. The Kier molecular flexibility index (Phi) is 7.28. The zero-order valence-electron chi connectivity index (χ0n) is 14.7. The number of amides is 1. The molecule has 132 valence electrons. The van der Waals surface area contributed by atoms with Crippen LogP contribution in [0.15, 0.2) is 29.3 Å². The standard InChI is InChI=1S/C12H13NO2S.C5H11NO2/c1-8-3-5-9(6-4-8)11-13-10(7-16-11)12(14)15-2;1-5(2,3)8-4(6)7/h3-6,10H,7H2,1-2H3;1-3H3,(H2,6,7). The van der Waals surface area contributed by atoms with E-state index in [0.717, 1.165) is 10.6 Å². The van der Waals surface area contributed by atoms with Gasteiger partial charge in [-0.25, -0.2) is 9.59 Å². The van der Waals surface area contributed by atoms with E-state index in [9.17, 15) is 9.59 Å². The minimum absolute atomic E-state index is 0.255. The lowest BCUT2D eigenvalue weighted by Gasteiger charge is -2.16. The van der Waals surface area contributed by atoms with E-state index < -0.39 is 11.7 Å². The van der Waals surface area contributed by atoms with E-state index in [4.69, 9.17) is 5.73 Å². The zero-order chi connectivity index (χ0) is 18.3. The maximum Gasteiger partial charge on any atom is 0.405 e. The van der Waals surface area contributed by atoms with Crippen molar-refractivity contribution >= 4 is 28.9 Å². The summed E-state index contributed by atoms with van der Waals surface area (Å²) in [4.78, 5) is 25.7. The third kappa shape index (κ3) is 7.04. The number of carbonyl (C=O) groups excluding carboxylic acids is 2. The number of aryl methyl sites for hydroxylation is 1. The number of hydrogen-bond acceptors (Lipinski definition) is 6. The van der Waals surface area contributed by atoms with Crippen LogP contribution in [0.25, 0.3) is 0 Å². The first-order chi connectivity index (χ1) is 11.1. The Bertz CT molecular complexity index is 606. The molecule has 24 heavy (non-hydrogen) atoms. The number of rotatable bonds is 2. The molecule has 1 atom stereocenters. The molecule has 2 rings (SSSR count). The van der Waals surface area contributed by atoms with Crippen molar-refractivity contribution < 1.29 is 19.1 Å². The lowest BCUT2D eigenvalue weighted by molar-refractivity contribution is -0.141. The largest absolute Gasteiger partial charge is 0.467 e. The number of carbonyl (C=O) groups is 2. The average Bonchev–Trinajstić information content (AvgIpc) is 2.95. The van der Waals surface area contributed by atoms with Crippen molar-refractivity contribution in [2.24, 2.45) is 10.7 Å². The summed E-state index contributed by atoms with van der Waals surface area (Å²) in [6, 6.07) is 7.81. The fourth-order valence-electron chi connectivity index (χ4n) is 1.79. The maximum atomic E-state index is 11.3. The molecule has 1 aliphatic heterocycles. The highest BCUT2D eigenvalue weighted by Gasteiger charge is 2.26. The smallest absolute Gasteiger partial charge is 0.405 e. The number of esters is 1. The molecule has 0 saturated carbocycles. The number of nitrogens with two attached hydrogens (primary N) is 1. The lowest BCUT2D eigenvalue weighted by Crippen LogP contribution is -2.27. The van der Waals surface area contributed by atoms with Gasteiger partial charge in [0, 0.05) is 11.3 Å². The highest BCUT2D eigenvalue weighted by atomic mass is 32.2. The molecule has 1 aromatic carbocycles. The lowest BCUT2D eigenvalue weighted by atomic mass is 10.2. The quantitative estimate of drug-likeness (QED) is 0.826. The first-order valence-electron chi connectivity index (χ1n) is 7.46. The van der Waals surface area contributed by atoms with Crippen molar-refractivity contribution in [1.29, 1.82) is 0 Å². The number of benzene rings is 1. The van der Waals surface area contributed by atoms with Gasteiger partial charge in [0.25, 0.3) is 0 Å². The van der Waals surface area contributed by atoms with Gasteiger partial charge < -0.3 is 15.2 Å². The molecule has 1 aromatic rings. The van der Waals surface area contributed by atoms with Gasteiger partial charge >= 0.3 is 12.1 Å². The molecular formula is C17H24N2O4S. The number of thioether (sulfide) groups is 1. The fraction of sp³-hybridized carbons (Fsp3) is 0.471. The van der Waals surface area contributed by atoms with E-state index in [1.54, 1.807) is 32.5 Å². The van der Waals surface area contributed by atoms with Crippen LogP contribution in [0.4, 0.5) is 4.79 Å². The van der Waals surface area contributed by atoms with Crippen molar-refractivity contribution in [3.63, 3.8) is 0 Å². The number of hydrogen-bond donors (Lipinski definition) is 1. The predicted molar refractivity (Wildman–Crippen MR) is 96.4 cm³/mol. The highest BCUT2D eigenvalue weighted by Crippen LogP contribution is 2.24. The molecule has 0 radical (unpaired) electrons. The van der Waals surface area contributed by atoms with E-state index in [-0.39, 0.29) is 12.0 Å². The summed E-state index contributed by atoms with van der Waals surface area (Å²) in [5.74, 6) is 0.421. The normalized spacial score (nSPS) is 16.5. The van der Waals surface area contributed by atoms with Crippen LogP contribution >= 0.6 is 11.8 Å². The van der Waals surface area contributed by atoms with Crippen LogP contribution in [-0.2, 0) is 14.3 Å².